The smallest absolute Gasteiger partial charge is 0.273 e. The fourth-order valence-corrected chi connectivity index (χ4v) is 3.45. The summed E-state index contributed by atoms with van der Waals surface area (Å²) in [5.41, 5.74) is 3.12. The van der Waals surface area contributed by atoms with Crippen LogP contribution in [0.2, 0.25) is 0 Å². The minimum atomic E-state index is -0.776. The third-order valence-electron chi connectivity index (χ3n) is 5.10. The minimum Gasteiger partial charge on any atom is -0.273 e. The van der Waals surface area contributed by atoms with Gasteiger partial charge in [-0.3, -0.25) is 14.9 Å². The Morgan fingerprint density at radius 3 is 2.29 bits per heavy atom. The van der Waals surface area contributed by atoms with Crippen LogP contribution in [0.4, 0.5) is 14.9 Å². The van der Waals surface area contributed by atoms with Crippen LogP contribution in [0.5, 0.6) is 0 Å². The van der Waals surface area contributed by atoms with Gasteiger partial charge < -0.3 is 0 Å². The van der Waals surface area contributed by atoms with Crippen LogP contribution in [0.3, 0.4) is 0 Å². The molecule has 31 heavy (non-hydrogen) atoms. The zero-order valence-electron chi connectivity index (χ0n) is 16.8. The van der Waals surface area contributed by atoms with E-state index in [1.165, 1.54) is 12.1 Å². The van der Waals surface area contributed by atoms with Gasteiger partial charge in [0.2, 0.25) is 0 Å². The Morgan fingerprint density at radius 2 is 1.58 bits per heavy atom. The fourth-order valence-electron chi connectivity index (χ4n) is 3.45. The molecule has 6 heteroatoms. The third kappa shape index (κ3) is 4.14. The topological polar surface area (TPSA) is 66.5 Å². The number of nitrogens with zero attached hydrogens (tertiary/aromatic N) is 1. The molecule has 1 heterocycles. The second kappa shape index (κ2) is 8.36. The van der Waals surface area contributed by atoms with Gasteiger partial charge in [-0.25, -0.2) is 14.1 Å². The van der Waals surface area contributed by atoms with E-state index in [1.807, 2.05) is 12.1 Å². The van der Waals surface area contributed by atoms with Crippen molar-refractivity contribution in [3.8, 4) is 0 Å². The van der Waals surface area contributed by atoms with Crippen molar-refractivity contribution in [2.75, 3.05) is 4.90 Å². The molecule has 0 unspecified atom stereocenters. The van der Waals surface area contributed by atoms with Crippen molar-refractivity contribution in [3.05, 3.63) is 106 Å². The van der Waals surface area contributed by atoms with Crippen molar-refractivity contribution in [3.63, 3.8) is 0 Å². The number of urea groups is 1. The summed E-state index contributed by atoms with van der Waals surface area (Å²) in [7, 11) is 0. The molecule has 3 aromatic carbocycles. The van der Waals surface area contributed by atoms with Crippen LogP contribution in [0.1, 0.15) is 22.3 Å². The highest BCUT2D eigenvalue weighted by Crippen LogP contribution is 2.25. The number of nitrogens with one attached hydrogen (secondary N) is 1. The van der Waals surface area contributed by atoms with E-state index in [0.29, 0.717) is 23.2 Å². The van der Waals surface area contributed by atoms with E-state index in [2.05, 4.69) is 5.32 Å². The average Bonchev–Trinajstić information content (AvgIpc) is 2.75. The van der Waals surface area contributed by atoms with E-state index in [0.717, 1.165) is 16.0 Å². The van der Waals surface area contributed by atoms with Gasteiger partial charge in [0.15, 0.2) is 0 Å². The average molecular weight is 414 g/mol. The predicted octanol–water partition coefficient (Wildman–Crippen LogP) is 4.39. The van der Waals surface area contributed by atoms with Crippen LogP contribution in [-0.2, 0) is 16.0 Å². The van der Waals surface area contributed by atoms with Gasteiger partial charge in [-0.2, -0.15) is 0 Å². The molecule has 5 nitrogen and oxygen atoms in total. The molecule has 4 rings (SSSR count). The highest BCUT2D eigenvalue weighted by molar-refractivity contribution is 6.39. The van der Waals surface area contributed by atoms with E-state index >= 15 is 0 Å². The number of carbonyl (C=O) groups excluding carboxylic acids is 3. The first-order valence-corrected chi connectivity index (χ1v) is 9.73. The summed E-state index contributed by atoms with van der Waals surface area (Å²) in [6.07, 6.45) is 1.88. The van der Waals surface area contributed by atoms with Crippen LogP contribution in [0, 0.1) is 12.7 Å². The molecule has 3 aromatic rings. The third-order valence-corrected chi connectivity index (χ3v) is 5.10. The zero-order valence-corrected chi connectivity index (χ0v) is 16.8. The molecule has 154 valence electrons. The first kappa shape index (κ1) is 20.2. The molecule has 1 aliphatic heterocycles. The molecule has 0 aliphatic carbocycles. The van der Waals surface area contributed by atoms with Gasteiger partial charge in [0.1, 0.15) is 11.4 Å². The van der Waals surface area contributed by atoms with Crippen LogP contribution in [0.15, 0.2) is 78.4 Å². The number of hydrogen-bond donors (Lipinski definition) is 1. The zero-order chi connectivity index (χ0) is 22.0. The lowest BCUT2D eigenvalue weighted by Crippen LogP contribution is -2.54. The van der Waals surface area contributed by atoms with E-state index in [4.69, 9.17) is 0 Å². The van der Waals surface area contributed by atoms with Gasteiger partial charge in [-0.15, -0.1) is 0 Å². The summed E-state index contributed by atoms with van der Waals surface area (Å²) in [4.78, 5) is 38.6. The lowest BCUT2D eigenvalue weighted by Gasteiger charge is -2.27. The molecule has 0 radical (unpaired) electrons. The Morgan fingerprint density at radius 1 is 0.903 bits per heavy atom. The number of aryl methyl sites for hydroxylation is 1. The molecule has 0 atom stereocenters. The van der Waals surface area contributed by atoms with Gasteiger partial charge in [0.25, 0.3) is 11.8 Å². The highest BCUT2D eigenvalue weighted by atomic mass is 19.1. The predicted molar refractivity (Wildman–Crippen MR) is 116 cm³/mol. The summed E-state index contributed by atoms with van der Waals surface area (Å²) in [6.45, 7) is 1.78. The molecule has 1 saturated heterocycles. The van der Waals surface area contributed by atoms with E-state index in [1.54, 1.807) is 61.5 Å². The Labute approximate surface area is 178 Å². The number of barbiturate groups is 1. The van der Waals surface area contributed by atoms with Crippen molar-refractivity contribution in [1.29, 1.82) is 0 Å². The summed E-state index contributed by atoms with van der Waals surface area (Å²) in [5, 5.41) is 2.22. The highest BCUT2D eigenvalue weighted by Gasteiger charge is 2.37. The molecule has 0 spiro atoms. The van der Waals surface area contributed by atoms with Gasteiger partial charge in [-0.1, -0.05) is 60.7 Å². The molecule has 0 aromatic heterocycles. The number of anilines is 1. The van der Waals surface area contributed by atoms with Crippen molar-refractivity contribution in [2.24, 2.45) is 0 Å². The Hall–Kier alpha value is -4.06. The lowest BCUT2D eigenvalue weighted by molar-refractivity contribution is -0.122. The number of halogens is 1. The van der Waals surface area contributed by atoms with Crippen LogP contribution in [0.25, 0.3) is 6.08 Å². The largest absolute Gasteiger partial charge is 0.335 e. The van der Waals surface area contributed by atoms with Gasteiger partial charge in [0, 0.05) is 6.42 Å². The maximum Gasteiger partial charge on any atom is 0.335 e. The molecule has 1 N–H and O–H groups in total. The quantitative estimate of drug-likeness (QED) is 0.509. The Kier molecular flexibility index (Phi) is 5.45. The van der Waals surface area contributed by atoms with E-state index < -0.39 is 17.8 Å². The first-order valence-electron chi connectivity index (χ1n) is 9.73. The molecule has 0 saturated carbocycles. The second-order valence-corrected chi connectivity index (χ2v) is 7.25. The monoisotopic (exact) mass is 414 g/mol. The summed E-state index contributed by atoms with van der Waals surface area (Å²) in [5.74, 6) is -1.69. The van der Waals surface area contributed by atoms with Gasteiger partial charge >= 0.3 is 6.03 Å². The van der Waals surface area contributed by atoms with Crippen molar-refractivity contribution < 1.29 is 18.8 Å². The van der Waals surface area contributed by atoms with Crippen LogP contribution < -0.4 is 10.2 Å². The SMILES string of the molecule is Cc1ccccc1N1C(=O)NC(=O)/C(=C\c2ccc(Cc3ccccc3F)cc2)C1=O. The maximum atomic E-state index is 13.9. The molecule has 0 bridgehead atoms. The van der Waals surface area contributed by atoms with E-state index in [-0.39, 0.29) is 11.4 Å². The number of benzene rings is 3. The number of hydrogen-bond acceptors (Lipinski definition) is 3. The molecule has 1 fully saturated rings. The normalized spacial score (nSPS) is 15.4. The fraction of sp³-hybridized carbons (Fsp3) is 0.0800. The van der Waals surface area contributed by atoms with Crippen molar-refractivity contribution >= 4 is 29.6 Å². The number of rotatable bonds is 4. The van der Waals surface area contributed by atoms with Crippen molar-refractivity contribution in [2.45, 2.75) is 13.3 Å². The maximum absolute atomic E-state index is 13.9. The Bertz CT molecular complexity index is 1220. The summed E-state index contributed by atoms with van der Waals surface area (Å²) < 4.78 is 13.9. The Balaban J connectivity index is 1.60. The number of imide groups is 2. The van der Waals surface area contributed by atoms with Gasteiger partial charge in [-0.05, 0) is 47.4 Å². The molecular weight excluding hydrogens is 395 g/mol. The number of para-hydroxylation sites is 1. The van der Waals surface area contributed by atoms with E-state index in [9.17, 15) is 18.8 Å². The summed E-state index contributed by atoms with van der Waals surface area (Å²) in [6, 6.07) is 19.9. The van der Waals surface area contributed by atoms with Crippen molar-refractivity contribution in [1.82, 2.24) is 5.32 Å². The molecule has 1 aliphatic rings. The molecular formula is C25H19FN2O3. The number of carbonyl (C=O) groups is 3. The summed E-state index contributed by atoms with van der Waals surface area (Å²) >= 11 is 0. The molecule has 4 amide bonds. The minimum absolute atomic E-state index is 0.135. The standard InChI is InChI=1S/C25H19FN2O3/c1-16-6-2-5-9-22(16)28-24(30)20(23(29)27-25(28)31)15-18-12-10-17(11-13-18)14-19-7-3-4-8-21(19)26/h2-13,15H,14H2,1H3,(H,27,29,31)/b20-15+. The van der Waals surface area contributed by atoms with Crippen LogP contribution >= 0.6 is 0 Å². The number of amides is 4. The second-order valence-electron chi connectivity index (χ2n) is 7.25. The van der Waals surface area contributed by atoms with Gasteiger partial charge in [0.05, 0.1) is 5.69 Å². The first-order chi connectivity index (χ1) is 14.9. The van der Waals surface area contributed by atoms with Crippen LogP contribution in [-0.4, -0.2) is 17.8 Å². The lowest BCUT2D eigenvalue weighted by atomic mass is 10.0.